The van der Waals surface area contributed by atoms with Crippen molar-refractivity contribution in [2.24, 2.45) is 0 Å². The SMILES string of the molecule is O=C(NCc1ccco1)c1cccc(-c2c(Cl)cccc2Cl)c1. The van der Waals surface area contributed by atoms with E-state index in [0.29, 0.717) is 27.9 Å². The topological polar surface area (TPSA) is 42.2 Å². The summed E-state index contributed by atoms with van der Waals surface area (Å²) in [5.74, 6) is 0.509. The van der Waals surface area contributed by atoms with E-state index in [2.05, 4.69) is 5.32 Å². The number of carbonyl (C=O) groups is 1. The summed E-state index contributed by atoms with van der Waals surface area (Å²) >= 11 is 12.5. The molecule has 0 spiro atoms. The van der Waals surface area contributed by atoms with Gasteiger partial charge in [-0.3, -0.25) is 4.79 Å². The molecule has 0 aliphatic carbocycles. The number of furan rings is 1. The number of benzene rings is 2. The van der Waals surface area contributed by atoms with Crippen molar-refractivity contribution in [3.05, 3.63) is 82.2 Å². The van der Waals surface area contributed by atoms with E-state index in [4.69, 9.17) is 27.6 Å². The van der Waals surface area contributed by atoms with Crippen LogP contribution in [0.5, 0.6) is 0 Å². The second kappa shape index (κ2) is 6.90. The van der Waals surface area contributed by atoms with Gasteiger partial charge in [0.1, 0.15) is 5.76 Å². The minimum Gasteiger partial charge on any atom is -0.467 e. The Bertz CT molecular complexity index is 809. The first kappa shape index (κ1) is 15.7. The Morgan fingerprint density at radius 1 is 1.00 bits per heavy atom. The number of halogens is 2. The van der Waals surface area contributed by atoms with E-state index in [-0.39, 0.29) is 5.91 Å². The highest BCUT2D eigenvalue weighted by molar-refractivity contribution is 6.39. The van der Waals surface area contributed by atoms with E-state index in [1.807, 2.05) is 6.07 Å². The normalized spacial score (nSPS) is 10.5. The lowest BCUT2D eigenvalue weighted by molar-refractivity contribution is 0.0948. The molecule has 1 N–H and O–H groups in total. The molecule has 0 saturated heterocycles. The van der Waals surface area contributed by atoms with E-state index in [1.165, 1.54) is 0 Å². The molecule has 0 atom stereocenters. The molecule has 0 saturated carbocycles. The summed E-state index contributed by atoms with van der Waals surface area (Å²) in [5, 5.41) is 3.90. The van der Waals surface area contributed by atoms with Gasteiger partial charge in [0.25, 0.3) is 5.91 Å². The first-order valence-electron chi connectivity index (χ1n) is 7.00. The Labute approximate surface area is 143 Å². The summed E-state index contributed by atoms with van der Waals surface area (Å²) in [7, 11) is 0. The van der Waals surface area contributed by atoms with Crippen molar-refractivity contribution in [1.82, 2.24) is 5.32 Å². The Hall–Kier alpha value is -2.23. The van der Waals surface area contributed by atoms with Gasteiger partial charge in [0.15, 0.2) is 0 Å². The third-order valence-corrected chi connectivity index (χ3v) is 4.01. The maximum absolute atomic E-state index is 12.3. The van der Waals surface area contributed by atoms with Crippen LogP contribution in [0.4, 0.5) is 0 Å². The molecular formula is C18H13Cl2NO2. The first-order chi connectivity index (χ1) is 11.1. The molecule has 0 aliphatic rings. The van der Waals surface area contributed by atoms with Crippen LogP contribution in [0.2, 0.25) is 10.0 Å². The van der Waals surface area contributed by atoms with Crippen LogP contribution in [0.3, 0.4) is 0 Å². The summed E-state index contributed by atoms with van der Waals surface area (Å²) in [5.41, 5.74) is 2.05. The van der Waals surface area contributed by atoms with Crippen LogP contribution in [0.1, 0.15) is 16.1 Å². The molecule has 3 nitrogen and oxygen atoms in total. The second-order valence-electron chi connectivity index (χ2n) is 4.94. The summed E-state index contributed by atoms with van der Waals surface area (Å²) < 4.78 is 5.19. The fraction of sp³-hybridized carbons (Fsp3) is 0.0556. The highest BCUT2D eigenvalue weighted by atomic mass is 35.5. The van der Waals surface area contributed by atoms with E-state index < -0.39 is 0 Å². The monoisotopic (exact) mass is 345 g/mol. The Kier molecular flexibility index (Phi) is 4.70. The summed E-state index contributed by atoms with van der Waals surface area (Å²) in [4.78, 5) is 12.3. The van der Waals surface area contributed by atoms with Gasteiger partial charge in [-0.05, 0) is 42.0 Å². The number of hydrogen-bond acceptors (Lipinski definition) is 2. The molecule has 23 heavy (non-hydrogen) atoms. The third-order valence-electron chi connectivity index (χ3n) is 3.38. The average molecular weight is 346 g/mol. The van der Waals surface area contributed by atoms with Crippen molar-refractivity contribution in [3.8, 4) is 11.1 Å². The number of hydrogen-bond donors (Lipinski definition) is 1. The number of amides is 1. The predicted molar refractivity (Wildman–Crippen MR) is 91.8 cm³/mol. The molecule has 0 aliphatic heterocycles. The van der Waals surface area contributed by atoms with Crippen molar-refractivity contribution >= 4 is 29.1 Å². The summed E-state index contributed by atoms with van der Waals surface area (Å²) in [6, 6.07) is 16.1. The van der Waals surface area contributed by atoms with Crippen LogP contribution >= 0.6 is 23.2 Å². The molecule has 5 heteroatoms. The zero-order chi connectivity index (χ0) is 16.2. The van der Waals surface area contributed by atoms with Gasteiger partial charge in [-0.25, -0.2) is 0 Å². The minimum atomic E-state index is -0.188. The third kappa shape index (κ3) is 3.58. The van der Waals surface area contributed by atoms with Crippen LogP contribution in [0.15, 0.2) is 65.3 Å². The number of rotatable bonds is 4. The molecule has 1 amide bonds. The van der Waals surface area contributed by atoms with Crippen molar-refractivity contribution in [3.63, 3.8) is 0 Å². The number of nitrogens with one attached hydrogen (secondary N) is 1. The highest BCUT2D eigenvalue weighted by Crippen LogP contribution is 2.34. The zero-order valence-electron chi connectivity index (χ0n) is 12.1. The fourth-order valence-electron chi connectivity index (χ4n) is 2.27. The molecule has 3 rings (SSSR count). The second-order valence-corrected chi connectivity index (χ2v) is 5.75. The van der Waals surface area contributed by atoms with Gasteiger partial charge in [-0.1, -0.05) is 41.4 Å². The van der Waals surface area contributed by atoms with Crippen LogP contribution in [-0.4, -0.2) is 5.91 Å². The minimum absolute atomic E-state index is 0.188. The van der Waals surface area contributed by atoms with E-state index in [1.54, 1.807) is 54.8 Å². The van der Waals surface area contributed by atoms with Gasteiger partial charge >= 0.3 is 0 Å². The number of carbonyl (C=O) groups excluding carboxylic acids is 1. The lowest BCUT2D eigenvalue weighted by atomic mass is 10.0. The first-order valence-corrected chi connectivity index (χ1v) is 7.76. The van der Waals surface area contributed by atoms with Crippen molar-refractivity contribution < 1.29 is 9.21 Å². The molecule has 0 radical (unpaired) electrons. The Morgan fingerprint density at radius 3 is 2.43 bits per heavy atom. The lowest BCUT2D eigenvalue weighted by Crippen LogP contribution is -2.22. The smallest absolute Gasteiger partial charge is 0.251 e. The van der Waals surface area contributed by atoms with E-state index >= 15 is 0 Å². The van der Waals surface area contributed by atoms with Gasteiger partial charge in [0, 0.05) is 21.2 Å². The quantitative estimate of drug-likeness (QED) is 0.707. The maximum atomic E-state index is 12.3. The van der Waals surface area contributed by atoms with Crippen LogP contribution in [0, 0.1) is 0 Å². The molecule has 1 heterocycles. The Balaban J connectivity index is 1.83. The van der Waals surface area contributed by atoms with Gasteiger partial charge in [-0.15, -0.1) is 0 Å². The molecule has 116 valence electrons. The van der Waals surface area contributed by atoms with Gasteiger partial charge in [-0.2, -0.15) is 0 Å². The van der Waals surface area contributed by atoms with Crippen molar-refractivity contribution in [1.29, 1.82) is 0 Å². The lowest BCUT2D eigenvalue weighted by Gasteiger charge is -2.09. The maximum Gasteiger partial charge on any atom is 0.251 e. The van der Waals surface area contributed by atoms with E-state index in [9.17, 15) is 4.79 Å². The van der Waals surface area contributed by atoms with E-state index in [0.717, 1.165) is 11.1 Å². The molecule has 2 aromatic carbocycles. The van der Waals surface area contributed by atoms with Crippen LogP contribution in [0.25, 0.3) is 11.1 Å². The van der Waals surface area contributed by atoms with Gasteiger partial charge in [0.05, 0.1) is 12.8 Å². The van der Waals surface area contributed by atoms with Crippen LogP contribution in [-0.2, 0) is 6.54 Å². The molecule has 1 aromatic heterocycles. The molecule has 0 unspecified atom stereocenters. The molecule has 3 aromatic rings. The summed E-state index contributed by atoms with van der Waals surface area (Å²) in [6.45, 7) is 0.336. The largest absolute Gasteiger partial charge is 0.467 e. The average Bonchev–Trinajstić information content (AvgIpc) is 3.06. The molecular weight excluding hydrogens is 333 g/mol. The molecule has 0 fully saturated rings. The fourth-order valence-corrected chi connectivity index (χ4v) is 2.89. The summed E-state index contributed by atoms with van der Waals surface area (Å²) in [6.07, 6.45) is 1.57. The highest BCUT2D eigenvalue weighted by Gasteiger charge is 2.11. The van der Waals surface area contributed by atoms with Gasteiger partial charge < -0.3 is 9.73 Å². The van der Waals surface area contributed by atoms with Crippen LogP contribution < -0.4 is 5.32 Å². The standard InChI is InChI=1S/C18H13Cl2NO2/c19-15-7-2-8-16(20)17(15)12-4-1-5-13(10-12)18(22)21-11-14-6-3-9-23-14/h1-10H,11H2,(H,21,22). The van der Waals surface area contributed by atoms with Crippen molar-refractivity contribution in [2.75, 3.05) is 0 Å². The van der Waals surface area contributed by atoms with Gasteiger partial charge in [0.2, 0.25) is 0 Å². The molecule has 0 bridgehead atoms. The van der Waals surface area contributed by atoms with Crippen molar-refractivity contribution in [2.45, 2.75) is 6.54 Å². The predicted octanol–water partition coefficient (Wildman–Crippen LogP) is 5.18. The zero-order valence-corrected chi connectivity index (χ0v) is 13.6. The Morgan fingerprint density at radius 2 is 1.74 bits per heavy atom.